The predicted molar refractivity (Wildman–Crippen MR) is 494 cm³/mol. The van der Waals surface area contributed by atoms with Crippen molar-refractivity contribution in [1.29, 1.82) is 0 Å². The van der Waals surface area contributed by atoms with E-state index in [1.54, 1.807) is 0 Å². The molecule has 18 N–H and O–H groups in total. The number of nitrogens with one attached hydrogen (secondary N) is 5. The summed E-state index contributed by atoms with van der Waals surface area (Å²) in [6.07, 6.45) is -27.2. The maximum atomic E-state index is 15.5. The molecule has 8 fully saturated rings. The standard InChI is InChI=1S/C71H95N21O41P6S4/c1-28-15-87(67(99)84-56(28)94)39-13-33(128-136(106,140)112-8)36(122-39)19-116-137(107,141)129-34-14-40(88-16-29(2)57(95)85-68(88)100)123-37(34)20-117-138(108,142)133-51-49-64(92-27-79-43-55(92)81-66(74)83-60(43)98)126-70(51,31(4)121-49)22-118-135(104,105)130-45-38(125-61(47(45)114-12-10-111-7)89-17-30(3)58(96)86-69(89)101)21-115-134(102,103)132-50-48-63(91-26-78-42-54(91)80-65(73)82-59(42)97)127-71(50,32(5)120-48)23-119-139(109,143)131-44-35(18-93)124-62(46(44)113-11-9-110-6)90-25-77-41-52(72)75-24-76-53(41)90/h15-17,24-27,31-40,44-51,61-64,93H,9-14,18-23H2,1-8H3,(H,102,103)(H,104,105)(H,106,140)(H,107,141)(H,108,142)(H,109,143)(H2,72,75,76)(H,84,94,99)(H,85,95,100)(H,86,96,101)(H3,73,80,82,97)(H3,74,81,83,98)/t31-,32-,33?,34?,35+,36+,37+,38+,39+,40+,44?,45?,46-,47-,48-,49-,50?,51?,61+,62+,63+,64+,70-,71-,136?,137?,138?,139?/m0/s1. The first-order chi connectivity index (χ1) is 67.6. The number of aliphatic hydroxyl groups is 1. The molecular formula is C71H95N21O41P6S4. The summed E-state index contributed by atoms with van der Waals surface area (Å²) in [5.74, 6) is -0.807. The molecule has 8 saturated heterocycles. The van der Waals surface area contributed by atoms with Gasteiger partial charge in [-0.15, -0.1) is 0 Å². The third-order valence-corrected chi connectivity index (χ3v) is 32.8. The molecule has 72 heteroatoms. The van der Waals surface area contributed by atoms with Gasteiger partial charge in [-0.2, -0.15) is 9.97 Å². The Bertz CT molecular complexity index is 7160. The highest BCUT2D eigenvalue weighted by molar-refractivity contribution is 8.08. The van der Waals surface area contributed by atoms with Crippen LogP contribution in [0.5, 0.6) is 0 Å². The van der Waals surface area contributed by atoms with Gasteiger partial charge in [-0.3, -0.25) is 103 Å². The van der Waals surface area contributed by atoms with Crippen molar-refractivity contribution in [3.63, 3.8) is 0 Å². The van der Waals surface area contributed by atoms with Gasteiger partial charge in [0.1, 0.15) is 109 Å². The summed E-state index contributed by atoms with van der Waals surface area (Å²) in [4.78, 5) is 218. The van der Waals surface area contributed by atoms with Crippen molar-refractivity contribution >= 4 is 141 Å². The van der Waals surface area contributed by atoms with Gasteiger partial charge in [-0.1, -0.05) is 0 Å². The third-order valence-electron chi connectivity index (χ3n) is 24.5. The van der Waals surface area contributed by atoms with Crippen LogP contribution in [-0.2, 0) is 167 Å². The van der Waals surface area contributed by atoms with Crippen molar-refractivity contribution in [2.24, 2.45) is 0 Å². The number of nitrogens with zero attached hydrogens (tertiary/aromatic N) is 13. The van der Waals surface area contributed by atoms with Gasteiger partial charge in [-0.05, 0) is 81.8 Å². The predicted octanol–water partition coefficient (Wildman–Crippen LogP) is -2.94. The van der Waals surface area contributed by atoms with E-state index in [1.165, 1.54) is 76.8 Å². The first kappa shape index (κ1) is 107. The second kappa shape index (κ2) is 41.8. The second-order valence-corrected chi connectivity index (χ2v) is 47.7. The number of hydrogen-bond donors (Lipinski definition) is 15. The lowest BCUT2D eigenvalue weighted by Crippen LogP contribution is -2.50. The fourth-order valence-electron chi connectivity index (χ4n) is 17.6. The van der Waals surface area contributed by atoms with Crippen molar-refractivity contribution in [2.45, 2.75) is 194 Å². The Morgan fingerprint density at radius 2 is 0.860 bits per heavy atom. The van der Waals surface area contributed by atoms with Crippen molar-refractivity contribution in [3.05, 3.63) is 144 Å². The molecule has 17 heterocycles. The normalized spacial score (nSPS) is 32.1. The number of aliphatic hydroxyl groups excluding tert-OH is 1. The van der Waals surface area contributed by atoms with Crippen molar-refractivity contribution in [1.82, 2.24) is 87.2 Å². The molecule has 8 aliphatic heterocycles. The van der Waals surface area contributed by atoms with Crippen LogP contribution in [0.2, 0.25) is 0 Å². The van der Waals surface area contributed by atoms with Crippen LogP contribution < -0.4 is 62.1 Å². The van der Waals surface area contributed by atoms with E-state index < -0.39 is 298 Å². The summed E-state index contributed by atoms with van der Waals surface area (Å²) in [6.45, 7) is -18.4. The van der Waals surface area contributed by atoms with Crippen LogP contribution >= 0.6 is 42.5 Å². The number of aryl methyl sites for hydroxylation is 3. The number of aromatic amines is 5. The minimum atomic E-state index is -5.99. The largest absolute Gasteiger partial charge is 0.472 e. The van der Waals surface area contributed by atoms with Crippen LogP contribution in [0, 0.1) is 20.8 Å². The van der Waals surface area contributed by atoms with Gasteiger partial charge < -0.3 is 136 Å². The molecule has 62 nitrogen and oxygen atoms in total. The summed E-state index contributed by atoms with van der Waals surface area (Å²) < 4.78 is 183. The Balaban J connectivity index is 0.649. The smallest absolute Gasteiger partial charge is 0.394 e. The Hall–Kier alpha value is -7.49. The molecule has 8 aliphatic rings. The van der Waals surface area contributed by atoms with E-state index >= 15 is 9.13 Å². The van der Waals surface area contributed by atoms with Crippen LogP contribution in [0.15, 0.2) is 82.3 Å². The molecule has 9 aromatic heterocycles. The number of phosphoric acid groups is 2. The molecular weight excluding hydrogens is 2120 g/mol. The van der Waals surface area contributed by atoms with Crippen molar-refractivity contribution in [3.8, 4) is 0 Å². The number of rotatable bonds is 43. The van der Waals surface area contributed by atoms with Crippen LogP contribution in [-0.4, -0.2) is 318 Å². The molecule has 30 atom stereocenters. The number of hydrogen-bond acceptors (Lipinski definition) is 49. The summed E-state index contributed by atoms with van der Waals surface area (Å²) in [7, 11) is -8.12. The Morgan fingerprint density at radius 3 is 1.36 bits per heavy atom. The van der Waals surface area contributed by atoms with Gasteiger partial charge in [-0.25, -0.2) is 48.4 Å². The average molecular weight is 2210 g/mol. The molecule has 0 spiro atoms. The lowest BCUT2D eigenvalue weighted by Gasteiger charge is -2.37. The van der Waals surface area contributed by atoms with Gasteiger partial charge in [0, 0.05) is 69.5 Å². The molecule has 17 rings (SSSR count). The van der Waals surface area contributed by atoms with Crippen LogP contribution in [0.25, 0.3) is 33.5 Å². The van der Waals surface area contributed by atoms with Gasteiger partial charge in [0.05, 0.1) is 109 Å². The molecule has 12 unspecified atom stereocenters. The van der Waals surface area contributed by atoms with Gasteiger partial charge in [0.15, 0.2) is 58.7 Å². The summed E-state index contributed by atoms with van der Waals surface area (Å²) in [5, 5.41) is 10.9. The monoisotopic (exact) mass is 2210 g/mol. The third kappa shape index (κ3) is 21.9. The van der Waals surface area contributed by atoms with Crippen molar-refractivity contribution < 1.29 is 155 Å². The zero-order valence-electron chi connectivity index (χ0n) is 75.6. The number of anilines is 3. The summed E-state index contributed by atoms with van der Waals surface area (Å²) in [6, 6.07) is 0. The Kier molecular flexibility index (Phi) is 31.2. The van der Waals surface area contributed by atoms with E-state index in [4.69, 9.17) is 176 Å². The van der Waals surface area contributed by atoms with Gasteiger partial charge in [0.25, 0.3) is 27.8 Å². The first-order valence-electron chi connectivity index (χ1n) is 42.9. The van der Waals surface area contributed by atoms with Gasteiger partial charge >= 0.3 is 59.6 Å². The van der Waals surface area contributed by atoms with Crippen LogP contribution in [0.4, 0.5) is 17.7 Å². The number of nitrogen functional groups attached to an aromatic ring is 3. The lowest BCUT2D eigenvalue weighted by molar-refractivity contribution is -0.215. The second-order valence-electron chi connectivity index (χ2n) is 33.6. The van der Waals surface area contributed by atoms with E-state index in [-0.39, 0.29) is 82.2 Å². The maximum absolute atomic E-state index is 15.5. The molecule has 0 amide bonds. The van der Waals surface area contributed by atoms with Gasteiger partial charge in [0.2, 0.25) is 11.9 Å². The molecule has 143 heavy (non-hydrogen) atoms. The minimum Gasteiger partial charge on any atom is -0.394 e. The fourth-order valence-corrected chi connectivity index (χ4v) is 25.0. The topological polar surface area (TPSA) is 811 Å². The molecule has 0 radical (unpaired) electrons. The number of nitrogens with two attached hydrogens (primary N) is 3. The first-order valence-corrected chi connectivity index (χ1v) is 56.2. The zero-order chi connectivity index (χ0) is 103. The summed E-state index contributed by atoms with van der Waals surface area (Å²) in [5.41, 5.74) is 5.84. The molecule has 0 aliphatic carbocycles. The van der Waals surface area contributed by atoms with E-state index in [2.05, 4.69) is 59.8 Å². The number of aromatic nitrogens is 18. The number of H-pyrrole nitrogens is 5. The van der Waals surface area contributed by atoms with E-state index in [1.807, 2.05) is 0 Å². The van der Waals surface area contributed by atoms with E-state index in [9.17, 15) is 72.8 Å². The average Bonchev–Trinajstić information content (AvgIpc) is 1.54. The number of phosphoric ester groups is 2. The zero-order valence-corrected chi connectivity index (χ0v) is 84.2. The highest BCUT2D eigenvalue weighted by Crippen LogP contribution is 2.63. The number of fused-ring (bicyclic) bond motifs is 7. The SMILES string of the molecule is COCCO[C@H]1C(OP(=O)(O)OC[C@]23O[C@@H](n4cnc5c(=O)[nH]c(N)nc54)[C@@H](O[C@H]2C)C3OP(O)(=S)OC[C@H]2O[C@@H](n3cc(C)c(=O)[nH]c3=O)CC2OP(O)(=S)OC[C@H]2O[C@@H](n3cc(C)c(=O)[nH]c3=O)CC2OP(O)(=S)OC)[C@@H](COP(=O)(O)OC2[C@@H]3O[C@@H](C)[C@]2(COP(O)(=S)OC2[C@@H](CO)O[C@@H](n4cnc5c(N)ncnc54)[C@H]2OCCOC)O[C@H]3n2cnc3c(=O)[nH]c(N)nc32)O[C@H]1n1cc(C)c(=O)[nH]c1=O. The minimum absolute atomic E-state index is 0.00790. The summed E-state index contributed by atoms with van der Waals surface area (Å²) >= 11 is 22.1. The highest BCUT2D eigenvalue weighted by atomic mass is 32.5. The Labute approximate surface area is 820 Å². The number of ether oxygens (including phenoxy) is 12. The van der Waals surface area contributed by atoms with Crippen molar-refractivity contribution in [2.75, 3.05) is 105 Å². The highest BCUT2D eigenvalue weighted by Gasteiger charge is 2.71. The van der Waals surface area contributed by atoms with Crippen LogP contribution in [0.1, 0.15) is 80.7 Å². The van der Waals surface area contributed by atoms with Crippen LogP contribution in [0.3, 0.4) is 0 Å². The molecule has 9 aromatic rings. The molecule has 4 bridgehead atoms. The quantitative estimate of drug-likeness (QED) is 0.0134. The van der Waals surface area contributed by atoms with E-state index in [0.29, 0.717) is 0 Å². The lowest BCUT2D eigenvalue weighted by atomic mass is 9.94. The molecule has 784 valence electrons. The number of methoxy groups -OCH3 is 2. The molecule has 0 saturated carbocycles. The fraction of sp³-hybridized carbons (Fsp3) is 0.620. The maximum Gasteiger partial charge on any atom is 0.472 e. The molecule has 0 aromatic carbocycles. The van der Waals surface area contributed by atoms with E-state index in [0.717, 1.165) is 50.4 Å². The Morgan fingerprint density at radius 1 is 0.441 bits per heavy atom. The number of imidazole rings is 3.